The highest BCUT2D eigenvalue weighted by Crippen LogP contribution is 2.23. The lowest BCUT2D eigenvalue weighted by atomic mass is 10.3. The Morgan fingerprint density at radius 1 is 1.00 bits per heavy atom. The van der Waals surface area contributed by atoms with Crippen molar-refractivity contribution in [3.63, 3.8) is 0 Å². The molecule has 3 heterocycles. The number of rotatable bonds is 3. The highest BCUT2D eigenvalue weighted by atomic mass is 16.4. The molecule has 0 spiro atoms. The van der Waals surface area contributed by atoms with Gasteiger partial charge < -0.3 is 14.7 Å². The lowest BCUT2D eigenvalue weighted by Crippen LogP contribution is -2.14. The van der Waals surface area contributed by atoms with Gasteiger partial charge in [0.15, 0.2) is 11.2 Å². The molecule has 0 aliphatic heterocycles. The summed E-state index contributed by atoms with van der Waals surface area (Å²) in [6.45, 7) is 0. The molecule has 7 nitrogen and oxygen atoms in total. The van der Waals surface area contributed by atoms with Crippen LogP contribution in [0.25, 0.3) is 28.0 Å². The SMILES string of the molecule is O=c1[nH]c2cccnc2n1-c1ccc(Nc2nc3ccccc3o2)cc1. The summed E-state index contributed by atoms with van der Waals surface area (Å²) in [6, 6.07) is 19.0. The van der Waals surface area contributed by atoms with Gasteiger partial charge >= 0.3 is 5.69 Å². The molecule has 7 heteroatoms. The van der Waals surface area contributed by atoms with Crippen molar-refractivity contribution in [2.75, 3.05) is 5.32 Å². The Morgan fingerprint density at radius 2 is 1.85 bits per heavy atom. The molecule has 5 aromatic rings. The van der Waals surface area contributed by atoms with Crippen LogP contribution in [0.5, 0.6) is 0 Å². The number of H-pyrrole nitrogens is 1. The quantitative estimate of drug-likeness (QED) is 0.522. The van der Waals surface area contributed by atoms with Crippen LogP contribution < -0.4 is 11.0 Å². The second-order valence-corrected chi connectivity index (χ2v) is 5.80. The molecule has 2 N–H and O–H groups in total. The van der Waals surface area contributed by atoms with Gasteiger partial charge in [-0.05, 0) is 48.5 Å². The van der Waals surface area contributed by atoms with E-state index in [2.05, 4.69) is 20.3 Å². The number of pyridine rings is 1. The molecule has 0 fully saturated rings. The molecule has 2 aromatic carbocycles. The third-order valence-electron chi connectivity index (χ3n) is 4.11. The molecule has 0 amide bonds. The minimum absolute atomic E-state index is 0.224. The molecule has 3 aromatic heterocycles. The largest absolute Gasteiger partial charge is 0.423 e. The second-order valence-electron chi connectivity index (χ2n) is 5.80. The van der Waals surface area contributed by atoms with Crippen LogP contribution in [0.3, 0.4) is 0 Å². The average molecular weight is 343 g/mol. The molecular weight excluding hydrogens is 330 g/mol. The van der Waals surface area contributed by atoms with Crippen molar-refractivity contribution in [1.29, 1.82) is 0 Å². The zero-order chi connectivity index (χ0) is 17.5. The van der Waals surface area contributed by atoms with Gasteiger partial charge in [-0.2, -0.15) is 4.98 Å². The lowest BCUT2D eigenvalue weighted by Gasteiger charge is -2.05. The fourth-order valence-electron chi connectivity index (χ4n) is 2.92. The van der Waals surface area contributed by atoms with E-state index < -0.39 is 0 Å². The zero-order valence-electron chi connectivity index (χ0n) is 13.5. The molecule has 0 saturated heterocycles. The van der Waals surface area contributed by atoms with Gasteiger partial charge in [0.2, 0.25) is 0 Å². The number of hydrogen-bond acceptors (Lipinski definition) is 5. The Hall–Kier alpha value is -3.87. The first-order valence-electron chi connectivity index (χ1n) is 8.07. The van der Waals surface area contributed by atoms with Crippen molar-refractivity contribution >= 4 is 34.0 Å². The summed E-state index contributed by atoms with van der Waals surface area (Å²) in [6.07, 6.45) is 1.66. The van der Waals surface area contributed by atoms with Crippen molar-refractivity contribution in [1.82, 2.24) is 19.5 Å². The Kier molecular flexibility index (Phi) is 3.11. The van der Waals surface area contributed by atoms with Crippen LogP contribution in [0.15, 0.2) is 76.1 Å². The molecule has 0 atom stereocenters. The lowest BCUT2D eigenvalue weighted by molar-refractivity contribution is 0.623. The number of aromatic amines is 1. The van der Waals surface area contributed by atoms with Gasteiger partial charge in [0.25, 0.3) is 6.01 Å². The summed E-state index contributed by atoms with van der Waals surface area (Å²) in [5, 5.41) is 3.13. The monoisotopic (exact) mass is 343 g/mol. The van der Waals surface area contributed by atoms with E-state index in [0.29, 0.717) is 17.2 Å². The first-order chi connectivity index (χ1) is 12.8. The number of anilines is 2. The predicted octanol–water partition coefficient (Wildman–Crippen LogP) is 3.60. The maximum atomic E-state index is 12.2. The minimum atomic E-state index is -0.224. The van der Waals surface area contributed by atoms with Gasteiger partial charge in [-0.25, -0.2) is 14.3 Å². The molecule has 0 unspecified atom stereocenters. The van der Waals surface area contributed by atoms with Crippen LogP contribution in [0.2, 0.25) is 0 Å². The van der Waals surface area contributed by atoms with E-state index in [9.17, 15) is 4.79 Å². The Balaban J connectivity index is 1.48. The number of imidazole rings is 1. The highest BCUT2D eigenvalue weighted by molar-refractivity contribution is 5.75. The molecule has 0 radical (unpaired) electrons. The van der Waals surface area contributed by atoms with Crippen LogP contribution in [0.4, 0.5) is 11.7 Å². The van der Waals surface area contributed by atoms with E-state index in [1.54, 1.807) is 16.8 Å². The fraction of sp³-hybridized carbons (Fsp3) is 0. The molecular formula is C19H13N5O2. The summed E-state index contributed by atoms with van der Waals surface area (Å²) in [7, 11) is 0. The minimum Gasteiger partial charge on any atom is -0.423 e. The number of oxazole rings is 1. The van der Waals surface area contributed by atoms with Crippen LogP contribution >= 0.6 is 0 Å². The van der Waals surface area contributed by atoms with E-state index in [-0.39, 0.29) is 5.69 Å². The summed E-state index contributed by atoms with van der Waals surface area (Å²) < 4.78 is 7.20. The maximum Gasteiger partial charge on any atom is 0.332 e. The van der Waals surface area contributed by atoms with Gasteiger partial charge in [-0.3, -0.25) is 0 Å². The van der Waals surface area contributed by atoms with Gasteiger partial charge in [0.1, 0.15) is 5.52 Å². The molecule has 0 aliphatic carbocycles. The fourth-order valence-corrected chi connectivity index (χ4v) is 2.92. The third-order valence-corrected chi connectivity index (χ3v) is 4.11. The third kappa shape index (κ3) is 2.34. The van der Waals surface area contributed by atoms with Crippen molar-refractivity contribution in [3.8, 4) is 5.69 Å². The smallest absolute Gasteiger partial charge is 0.332 e. The van der Waals surface area contributed by atoms with E-state index >= 15 is 0 Å². The normalized spacial score (nSPS) is 11.2. The number of aromatic nitrogens is 4. The highest BCUT2D eigenvalue weighted by Gasteiger charge is 2.10. The van der Waals surface area contributed by atoms with Gasteiger partial charge in [-0.15, -0.1) is 0 Å². The number of hydrogen-bond donors (Lipinski definition) is 2. The zero-order valence-corrected chi connectivity index (χ0v) is 13.5. The molecule has 5 rings (SSSR count). The summed E-state index contributed by atoms with van der Waals surface area (Å²) >= 11 is 0. The second kappa shape index (κ2) is 5.59. The Bertz CT molecular complexity index is 1250. The number of nitrogens with one attached hydrogen (secondary N) is 2. The summed E-state index contributed by atoms with van der Waals surface area (Å²) in [5.41, 5.74) is 4.12. The van der Waals surface area contributed by atoms with Crippen molar-refractivity contribution in [2.45, 2.75) is 0 Å². The molecule has 0 aliphatic rings. The van der Waals surface area contributed by atoms with E-state index in [0.717, 1.165) is 22.5 Å². The number of para-hydroxylation sites is 2. The van der Waals surface area contributed by atoms with Crippen molar-refractivity contribution in [3.05, 3.63) is 77.3 Å². The first kappa shape index (κ1) is 14.5. The van der Waals surface area contributed by atoms with Gasteiger partial charge in [0.05, 0.1) is 11.2 Å². The molecule has 126 valence electrons. The number of nitrogens with zero attached hydrogens (tertiary/aromatic N) is 3. The summed E-state index contributed by atoms with van der Waals surface area (Å²) in [5.74, 6) is 0. The number of benzene rings is 2. The van der Waals surface area contributed by atoms with Crippen molar-refractivity contribution < 1.29 is 4.42 Å². The Labute approximate surface area is 146 Å². The van der Waals surface area contributed by atoms with Crippen LogP contribution in [0.1, 0.15) is 0 Å². The molecule has 0 bridgehead atoms. The van der Waals surface area contributed by atoms with Crippen LogP contribution in [0, 0.1) is 0 Å². The standard InChI is InChI=1S/C19H13N5O2/c25-19-23-15-5-3-11-20-17(15)24(19)13-9-7-12(8-10-13)21-18-22-14-4-1-2-6-16(14)26-18/h1-11H,(H,21,22)(H,23,25). The predicted molar refractivity (Wildman–Crippen MR) is 99.0 cm³/mol. The number of fused-ring (bicyclic) bond motifs is 2. The maximum absolute atomic E-state index is 12.2. The first-order valence-corrected chi connectivity index (χ1v) is 8.07. The Morgan fingerprint density at radius 3 is 2.69 bits per heavy atom. The molecule has 0 saturated carbocycles. The average Bonchev–Trinajstić information content (AvgIpc) is 3.21. The summed E-state index contributed by atoms with van der Waals surface area (Å²) in [4.78, 5) is 23.7. The topological polar surface area (TPSA) is 88.7 Å². The molecule has 26 heavy (non-hydrogen) atoms. The van der Waals surface area contributed by atoms with Crippen LogP contribution in [-0.2, 0) is 0 Å². The van der Waals surface area contributed by atoms with Crippen molar-refractivity contribution in [2.24, 2.45) is 0 Å². The van der Waals surface area contributed by atoms with Gasteiger partial charge in [0, 0.05) is 11.9 Å². The van der Waals surface area contributed by atoms with Gasteiger partial charge in [-0.1, -0.05) is 12.1 Å². The van der Waals surface area contributed by atoms with E-state index in [4.69, 9.17) is 4.42 Å². The van der Waals surface area contributed by atoms with Crippen LogP contribution in [-0.4, -0.2) is 19.5 Å². The van der Waals surface area contributed by atoms with E-state index in [1.165, 1.54) is 0 Å². The van der Waals surface area contributed by atoms with E-state index in [1.807, 2.05) is 54.6 Å².